The summed E-state index contributed by atoms with van der Waals surface area (Å²) in [6, 6.07) is 11.5. The number of anilines is 1. The van der Waals surface area contributed by atoms with Gasteiger partial charge in [-0.25, -0.2) is 4.98 Å². The molecule has 1 amide bonds. The molecule has 7 heteroatoms. The smallest absolute Gasteiger partial charge is 0.263 e. The van der Waals surface area contributed by atoms with Crippen LogP contribution in [0.2, 0.25) is 0 Å². The lowest BCUT2D eigenvalue weighted by Crippen LogP contribution is -2.21. The van der Waals surface area contributed by atoms with E-state index < -0.39 is 0 Å². The third kappa shape index (κ3) is 4.11. The summed E-state index contributed by atoms with van der Waals surface area (Å²) in [4.78, 5) is 29.1. The molecule has 0 bridgehead atoms. The Morgan fingerprint density at radius 2 is 2.03 bits per heavy atom. The van der Waals surface area contributed by atoms with Gasteiger partial charge in [-0.3, -0.25) is 9.59 Å². The molecule has 0 spiro atoms. The Kier molecular flexibility index (Phi) is 5.52. The number of Topliss-reactive ketones (excluding diaryl/α,β-unsaturated/α-hetero) is 1. The van der Waals surface area contributed by atoms with Crippen LogP contribution in [-0.2, 0) is 4.79 Å². The highest BCUT2D eigenvalue weighted by Gasteiger charge is 2.31. The van der Waals surface area contributed by atoms with Gasteiger partial charge < -0.3 is 10.1 Å². The Hall–Kier alpha value is -2.51. The van der Waals surface area contributed by atoms with Gasteiger partial charge in [0.15, 0.2) is 12.4 Å². The van der Waals surface area contributed by atoms with E-state index >= 15 is 0 Å². The van der Waals surface area contributed by atoms with Crippen molar-refractivity contribution in [1.82, 2.24) is 4.98 Å². The van der Waals surface area contributed by atoms with E-state index in [4.69, 9.17) is 4.74 Å². The lowest BCUT2D eigenvalue weighted by molar-refractivity contribution is -0.118. The van der Waals surface area contributed by atoms with Gasteiger partial charge in [-0.2, -0.15) is 0 Å². The predicted molar refractivity (Wildman–Crippen MR) is 118 cm³/mol. The quantitative estimate of drug-likeness (QED) is 0.527. The summed E-state index contributed by atoms with van der Waals surface area (Å²) in [5, 5.41) is 5.37. The molecule has 1 atom stereocenters. The number of nitrogens with one attached hydrogen (secondary N) is 1. The van der Waals surface area contributed by atoms with E-state index in [0.29, 0.717) is 23.6 Å². The average Bonchev–Trinajstić information content (AvgIpc) is 3.27. The van der Waals surface area contributed by atoms with Crippen LogP contribution < -0.4 is 10.1 Å². The number of carbonyl (C=O) groups is 2. The van der Waals surface area contributed by atoms with E-state index in [1.807, 2.05) is 44.2 Å². The molecule has 2 aromatic carbocycles. The summed E-state index contributed by atoms with van der Waals surface area (Å²) in [5.41, 5.74) is 3.72. The van der Waals surface area contributed by atoms with Crippen molar-refractivity contribution in [3.63, 3.8) is 0 Å². The van der Waals surface area contributed by atoms with Gasteiger partial charge >= 0.3 is 0 Å². The number of thiazole rings is 1. The second kappa shape index (κ2) is 8.08. The molecule has 29 heavy (non-hydrogen) atoms. The van der Waals surface area contributed by atoms with Crippen molar-refractivity contribution in [2.75, 3.05) is 11.9 Å². The van der Waals surface area contributed by atoms with Gasteiger partial charge in [0.2, 0.25) is 0 Å². The third-order valence-electron chi connectivity index (χ3n) is 4.91. The summed E-state index contributed by atoms with van der Waals surface area (Å²) < 4.78 is 6.70. The van der Waals surface area contributed by atoms with Crippen LogP contribution in [0.4, 0.5) is 5.82 Å². The van der Waals surface area contributed by atoms with Crippen molar-refractivity contribution in [3.8, 4) is 16.3 Å². The van der Waals surface area contributed by atoms with Gasteiger partial charge in [0, 0.05) is 21.8 Å². The lowest BCUT2D eigenvalue weighted by atomic mass is 9.97. The van der Waals surface area contributed by atoms with Crippen LogP contribution in [0.25, 0.3) is 10.6 Å². The number of carbonyl (C=O) groups excluding carboxylic acids is 2. The van der Waals surface area contributed by atoms with Crippen molar-refractivity contribution in [2.24, 2.45) is 0 Å². The third-order valence-corrected chi connectivity index (χ3v) is 6.33. The maximum Gasteiger partial charge on any atom is 0.263 e. The number of fused-ring (bicyclic) bond motifs is 1. The molecular weight excluding hydrogens is 452 g/mol. The summed E-state index contributed by atoms with van der Waals surface area (Å²) >= 11 is 4.87. The fourth-order valence-corrected chi connectivity index (χ4v) is 4.63. The molecular formula is C22H19BrN2O3S. The van der Waals surface area contributed by atoms with Gasteiger partial charge in [0.05, 0.1) is 5.56 Å². The Balaban J connectivity index is 1.42. The number of hydrogen-bond acceptors (Lipinski definition) is 5. The van der Waals surface area contributed by atoms with Crippen LogP contribution >= 0.6 is 27.3 Å². The lowest BCUT2D eigenvalue weighted by Gasteiger charge is -2.13. The zero-order chi connectivity index (χ0) is 20.5. The topological polar surface area (TPSA) is 68.3 Å². The van der Waals surface area contributed by atoms with Crippen LogP contribution in [0.3, 0.4) is 0 Å². The Labute approximate surface area is 181 Å². The monoisotopic (exact) mass is 470 g/mol. The van der Waals surface area contributed by atoms with E-state index in [1.54, 1.807) is 11.4 Å². The van der Waals surface area contributed by atoms with E-state index in [9.17, 15) is 9.59 Å². The van der Waals surface area contributed by atoms with Gasteiger partial charge in [-0.15, -0.1) is 11.3 Å². The fourth-order valence-electron chi connectivity index (χ4n) is 3.61. The fraction of sp³-hybridized carbons (Fsp3) is 0.227. The molecule has 5 nitrogen and oxygen atoms in total. The largest absolute Gasteiger partial charge is 0.483 e. The normalized spacial score (nSPS) is 15.3. The molecule has 1 aliphatic rings. The van der Waals surface area contributed by atoms with Crippen LogP contribution in [-0.4, -0.2) is 23.3 Å². The zero-order valence-electron chi connectivity index (χ0n) is 16.0. The second-order valence-corrected chi connectivity index (χ2v) is 8.85. The second-order valence-electron chi connectivity index (χ2n) is 7.08. The molecule has 1 aromatic heterocycles. The Bertz CT molecular complexity index is 1090. The number of nitrogens with zero attached hydrogens (tertiary/aromatic N) is 1. The molecule has 1 aliphatic carbocycles. The van der Waals surface area contributed by atoms with E-state index in [2.05, 4.69) is 26.2 Å². The Morgan fingerprint density at radius 3 is 2.79 bits per heavy atom. The standard InChI is InChI=1S/C22H19BrN2O3S/c1-12-3-8-17(21-16(26)9-13(2)20(12)21)28-10-19(27)24-18-11-29-22(25-18)14-4-6-15(23)7-5-14/h3-8,11,13H,9-10H2,1-2H3,(H,24,27). The maximum absolute atomic E-state index is 12.4. The molecule has 1 N–H and O–H groups in total. The van der Waals surface area contributed by atoms with Crippen molar-refractivity contribution in [1.29, 1.82) is 0 Å². The summed E-state index contributed by atoms with van der Waals surface area (Å²) in [6.07, 6.45) is 0.487. The highest BCUT2D eigenvalue weighted by molar-refractivity contribution is 9.10. The van der Waals surface area contributed by atoms with E-state index in [1.165, 1.54) is 11.3 Å². The molecule has 3 aromatic rings. The van der Waals surface area contributed by atoms with Gasteiger partial charge in [-0.05, 0) is 42.2 Å². The van der Waals surface area contributed by atoms with Gasteiger partial charge in [0.25, 0.3) is 5.91 Å². The molecule has 148 valence electrons. The van der Waals surface area contributed by atoms with E-state index in [0.717, 1.165) is 26.2 Å². The molecule has 0 fully saturated rings. The Morgan fingerprint density at radius 1 is 1.28 bits per heavy atom. The first-order chi connectivity index (χ1) is 13.9. The van der Waals surface area contributed by atoms with Crippen molar-refractivity contribution in [3.05, 3.63) is 62.9 Å². The number of aryl methyl sites for hydroxylation is 1. The molecule has 4 rings (SSSR count). The summed E-state index contributed by atoms with van der Waals surface area (Å²) in [6.45, 7) is 3.86. The van der Waals surface area contributed by atoms with Crippen LogP contribution in [0, 0.1) is 6.92 Å². The number of ketones is 1. The first kappa shape index (κ1) is 19.8. The molecule has 0 aliphatic heterocycles. The average molecular weight is 471 g/mol. The number of amides is 1. The summed E-state index contributed by atoms with van der Waals surface area (Å²) in [5.74, 6) is 0.905. The minimum atomic E-state index is -0.314. The number of hydrogen-bond donors (Lipinski definition) is 1. The van der Waals surface area contributed by atoms with Crippen LogP contribution in [0.1, 0.15) is 40.7 Å². The van der Waals surface area contributed by atoms with Gasteiger partial charge in [0.1, 0.15) is 16.6 Å². The maximum atomic E-state index is 12.4. The number of benzene rings is 2. The minimum Gasteiger partial charge on any atom is -0.483 e. The number of halogens is 1. The van der Waals surface area contributed by atoms with Crippen LogP contribution in [0.15, 0.2) is 46.3 Å². The van der Waals surface area contributed by atoms with E-state index in [-0.39, 0.29) is 24.2 Å². The summed E-state index contributed by atoms with van der Waals surface area (Å²) in [7, 11) is 0. The van der Waals surface area contributed by atoms with Crippen molar-refractivity contribution in [2.45, 2.75) is 26.2 Å². The van der Waals surface area contributed by atoms with Gasteiger partial charge in [-0.1, -0.05) is 41.1 Å². The minimum absolute atomic E-state index is 0.0743. The molecule has 0 saturated carbocycles. The van der Waals surface area contributed by atoms with Crippen molar-refractivity contribution < 1.29 is 14.3 Å². The van der Waals surface area contributed by atoms with Crippen LogP contribution in [0.5, 0.6) is 5.75 Å². The predicted octanol–water partition coefficient (Wildman–Crippen LogP) is 5.59. The zero-order valence-corrected chi connectivity index (χ0v) is 18.4. The molecule has 1 unspecified atom stereocenters. The highest BCUT2D eigenvalue weighted by atomic mass is 79.9. The number of aromatic nitrogens is 1. The first-order valence-corrected chi connectivity index (χ1v) is 10.9. The highest BCUT2D eigenvalue weighted by Crippen LogP contribution is 2.40. The molecule has 0 saturated heterocycles. The molecule has 1 heterocycles. The van der Waals surface area contributed by atoms with Crippen molar-refractivity contribution >= 4 is 44.8 Å². The number of ether oxygens (including phenoxy) is 1. The SMILES string of the molecule is Cc1ccc(OCC(=O)Nc2csc(-c3ccc(Br)cc3)n2)c2c1C(C)CC2=O. The molecule has 0 radical (unpaired) electrons. The first-order valence-electron chi connectivity index (χ1n) is 9.23. The number of rotatable bonds is 5.